The summed E-state index contributed by atoms with van der Waals surface area (Å²) in [6, 6.07) is -0.728. The van der Waals surface area contributed by atoms with Gasteiger partial charge in [0.2, 0.25) is 0 Å². The summed E-state index contributed by atoms with van der Waals surface area (Å²) < 4.78 is 37.1. The lowest BCUT2D eigenvalue weighted by Gasteiger charge is -2.35. The van der Waals surface area contributed by atoms with Gasteiger partial charge in [0, 0.05) is 21.3 Å². The van der Waals surface area contributed by atoms with Crippen molar-refractivity contribution in [1.29, 1.82) is 0 Å². The van der Waals surface area contributed by atoms with Gasteiger partial charge in [-0.25, -0.2) is 4.79 Å². The first kappa shape index (κ1) is 26.3. The lowest BCUT2D eigenvalue weighted by molar-refractivity contribution is -0.198. The number of nitrogens with one attached hydrogen (secondary N) is 1. The molecule has 0 fully saturated rings. The van der Waals surface area contributed by atoms with E-state index in [1.807, 2.05) is 0 Å². The van der Waals surface area contributed by atoms with Crippen LogP contribution in [0.5, 0.6) is 0 Å². The molecule has 1 amide bonds. The van der Waals surface area contributed by atoms with Crippen molar-refractivity contribution >= 4 is 6.09 Å². The zero-order valence-electron chi connectivity index (χ0n) is 17.6. The van der Waals surface area contributed by atoms with E-state index in [1.54, 1.807) is 20.8 Å². The molecule has 4 atom stereocenters. The van der Waals surface area contributed by atoms with E-state index in [-0.39, 0.29) is 20.4 Å². The van der Waals surface area contributed by atoms with E-state index < -0.39 is 36.0 Å². The molecule has 9 heteroatoms. The number of hydrogen-bond donors (Lipinski definition) is 1. The van der Waals surface area contributed by atoms with Crippen molar-refractivity contribution < 1.29 is 38.0 Å². The summed E-state index contributed by atoms with van der Waals surface area (Å²) >= 11 is 0. The molecular weight excluding hydrogens is 370 g/mol. The molecule has 0 saturated heterocycles. The quantitative estimate of drug-likeness (QED) is 0.266. The Hall–Kier alpha value is -1.67. The highest BCUT2D eigenvalue weighted by Gasteiger charge is 2.37. The molecule has 0 unspecified atom stereocenters. The van der Waals surface area contributed by atoms with Crippen molar-refractivity contribution in [3.63, 3.8) is 0 Å². The molecule has 0 radical (unpaired) electrons. The number of amides is 1. The average Bonchev–Trinajstić information content (AvgIpc) is 2.63. The molecule has 0 aromatic rings. The molecule has 0 saturated carbocycles. The second-order valence-corrected chi connectivity index (χ2v) is 6.64. The minimum absolute atomic E-state index is 0.0586. The maximum Gasteiger partial charge on any atom is 0.408 e. The lowest BCUT2D eigenvalue weighted by Crippen LogP contribution is -2.54. The van der Waals surface area contributed by atoms with E-state index in [2.05, 4.69) is 17.8 Å². The number of carbonyl (C=O) groups excluding carboxylic acids is 1. The van der Waals surface area contributed by atoms with E-state index in [4.69, 9.17) is 39.6 Å². The third-order valence-electron chi connectivity index (χ3n) is 3.20. The topological polar surface area (TPSA) is 93.7 Å². The number of methoxy groups -OCH3 is 3. The second kappa shape index (κ2) is 14.3. The predicted molar refractivity (Wildman–Crippen MR) is 102 cm³/mol. The van der Waals surface area contributed by atoms with Crippen LogP contribution in [-0.2, 0) is 33.2 Å². The number of hydrogen-bond acceptors (Lipinski definition) is 8. The fourth-order valence-electron chi connectivity index (χ4n) is 2.15. The Morgan fingerprint density at radius 3 is 1.96 bits per heavy atom. The van der Waals surface area contributed by atoms with Crippen LogP contribution >= 0.6 is 0 Å². The van der Waals surface area contributed by atoms with Crippen LogP contribution in [0.3, 0.4) is 0 Å². The summed E-state index contributed by atoms with van der Waals surface area (Å²) in [4.78, 5) is 12.2. The first-order chi connectivity index (χ1) is 13.2. The zero-order valence-corrected chi connectivity index (χ0v) is 17.6. The van der Waals surface area contributed by atoms with Crippen LogP contribution in [0.1, 0.15) is 20.8 Å². The van der Waals surface area contributed by atoms with Gasteiger partial charge >= 0.3 is 6.09 Å². The van der Waals surface area contributed by atoms with Gasteiger partial charge in [-0.15, -0.1) is 13.0 Å². The molecule has 0 spiro atoms. The van der Waals surface area contributed by atoms with E-state index >= 15 is 0 Å². The Morgan fingerprint density at radius 2 is 1.54 bits per heavy atom. The number of rotatable bonds is 14. The SMILES string of the molecule is C#C[C@H](OCOC)[C@H](OCOC)[C@@H](OCOC)[C@H](C=C)NC(=O)OC(C)(C)C. The maximum absolute atomic E-state index is 12.2. The number of alkyl carbamates (subject to hydrolysis) is 1. The Morgan fingerprint density at radius 1 is 1.04 bits per heavy atom. The van der Waals surface area contributed by atoms with E-state index in [9.17, 15) is 4.79 Å². The van der Waals surface area contributed by atoms with Crippen LogP contribution in [0.4, 0.5) is 4.79 Å². The molecule has 28 heavy (non-hydrogen) atoms. The van der Waals surface area contributed by atoms with Gasteiger partial charge in [0.15, 0.2) is 0 Å². The fourth-order valence-corrected chi connectivity index (χ4v) is 2.15. The minimum atomic E-state index is -0.861. The molecular formula is C19H33NO8. The van der Waals surface area contributed by atoms with Crippen LogP contribution in [0.2, 0.25) is 0 Å². The number of terminal acetylenes is 1. The van der Waals surface area contributed by atoms with Gasteiger partial charge in [-0.1, -0.05) is 12.0 Å². The highest BCUT2D eigenvalue weighted by atomic mass is 16.7. The van der Waals surface area contributed by atoms with Crippen molar-refractivity contribution in [3.05, 3.63) is 12.7 Å². The Labute approximate surface area is 167 Å². The first-order valence-corrected chi connectivity index (χ1v) is 8.63. The molecule has 0 aromatic carbocycles. The fraction of sp³-hybridized carbons (Fsp3) is 0.737. The molecule has 0 aromatic heterocycles. The molecule has 0 rings (SSSR count). The van der Waals surface area contributed by atoms with Crippen molar-refractivity contribution in [1.82, 2.24) is 5.32 Å². The molecule has 0 aliphatic rings. The van der Waals surface area contributed by atoms with Gasteiger partial charge in [-0.3, -0.25) is 0 Å². The van der Waals surface area contributed by atoms with Gasteiger partial charge in [0.25, 0.3) is 0 Å². The first-order valence-electron chi connectivity index (χ1n) is 8.63. The van der Waals surface area contributed by atoms with Crippen LogP contribution < -0.4 is 5.32 Å². The normalized spacial score (nSPS) is 15.8. The number of ether oxygens (including phenoxy) is 7. The Balaban J connectivity index is 5.60. The number of carbonyl (C=O) groups is 1. The minimum Gasteiger partial charge on any atom is -0.444 e. The highest BCUT2D eigenvalue weighted by Crippen LogP contribution is 2.18. The van der Waals surface area contributed by atoms with E-state index in [0.717, 1.165) is 0 Å². The zero-order chi connectivity index (χ0) is 21.6. The van der Waals surface area contributed by atoms with Crippen LogP contribution in [0.25, 0.3) is 0 Å². The van der Waals surface area contributed by atoms with Gasteiger partial charge in [0.1, 0.15) is 44.3 Å². The summed E-state index contributed by atoms with van der Waals surface area (Å²) in [6.45, 7) is 8.80. The largest absolute Gasteiger partial charge is 0.444 e. The maximum atomic E-state index is 12.2. The van der Waals surface area contributed by atoms with Crippen molar-refractivity contribution in [2.24, 2.45) is 0 Å². The van der Waals surface area contributed by atoms with Crippen LogP contribution in [-0.4, -0.2) is 77.8 Å². The van der Waals surface area contributed by atoms with Gasteiger partial charge in [0.05, 0.1) is 6.04 Å². The third kappa shape index (κ3) is 10.6. The van der Waals surface area contributed by atoms with Gasteiger partial charge in [-0.2, -0.15) is 0 Å². The average molecular weight is 403 g/mol. The van der Waals surface area contributed by atoms with Crippen LogP contribution in [0.15, 0.2) is 12.7 Å². The second-order valence-electron chi connectivity index (χ2n) is 6.64. The van der Waals surface area contributed by atoms with Crippen molar-refractivity contribution in [2.45, 2.75) is 50.7 Å². The van der Waals surface area contributed by atoms with Crippen LogP contribution in [0, 0.1) is 12.3 Å². The molecule has 0 heterocycles. The van der Waals surface area contributed by atoms with Crippen molar-refractivity contribution in [2.75, 3.05) is 41.7 Å². The summed E-state index contributed by atoms with van der Waals surface area (Å²) in [6.07, 6.45) is 3.91. The van der Waals surface area contributed by atoms with Gasteiger partial charge < -0.3 is 38.5 Å². The van der Waals surface area contributed by atoms with E-state index in [0.29, 0.717) is 0 Å². The molecule has 0 aliphatic heterocycles. The van der Waals surface area contributed by atoms with Crippen molar-refractivity contribution in [3.8, 4) is 12.3 Å². The Kier molecular flexibility index (Phi) is 13.5. The molecule has 162 valence electrons. The summed E-state index contributed by atoms with van der Waals surface area (Å²) in [7, 11) is 4.40. The molecule has 0 aliphatic carbocycles. The lowest BCUT2D eigenvalue weighted by atomic mass is 10.0. The molecule has 9 nitrogen and oxygen atoms in total. The standard InChI is InChI=1S/C19H33NO8/c1-9-14(20-18(21)28-19(3,4)5)16(26-12-23-7)17(27-13-24-8)15(10-2)25-11-22-6/h2,9,14-17H,1,11-13H2,3-8H3,(H,20,21)/t14-,15-,16-,17-/m0/s1. The Bertz CT molecular complexity index is 485. The molecule has 0 bridgehead atoms. The summed E-state index contributed by atoms with van der Waals surface area (Å²) in [5.41, 5.74) is -0.673. The highest BCUT2D eigenvalue weighted by molar-refractivity contribution is 5.68. The molecule has 1 N–H and O–H groups in total. The predicted octanol–water partition coefficient (Wildman–Crippen LogP) is 1.67. The monoisotopic (exact) mass is 403 g/mol. The van der Waals surface area contributed by atoms with E-state index in [1.165, 1.54) is 27.4 Å². The summed E-state index contributed by atoms with van der Waals surface area (Å²) in [5.74, 6) is 2.49. The smallest absolute Gasteiger partial charge is 0.408 e. The third-order valence-corrected chi connectivity index (χ3v) is 3.20. The van der Waals surface area contributed by atoms with Gasteiger partial charge in [-0.05, 0) is 20.8 Å². The summed E-state index contributed by atoms with van der Waals surface area (Å²) in [5, 5.41) is 2.69.